The van der Waals surface area contributed by atoms with Crippen molar-refractivity contribution in [3.05, 3.63) is 71.3 Å². The highest BCUT2D eigenvalue weighted by Crippen LogP contribution is 2.36. The third kappa shape index (κ3) is 6.49. The molecular weight excluding hydrogens is 577 g/mol. The molecule has 2 fully saturated rings. The zero-order valence-corrected chi connectivity index (χ0v) is 25.8. The van der Waals surface area contributed by atoms with Crippen LogP contribution in [0.2, 0.25) is 0 Å². The molecule has 0 aliphatic carbocycles. The van der Waals surface area contributed by atoms with E-state index in [2.05, 4.69) is 6.92 Å². The molecule has 1 amide bonds. The van der Waals surface area contributed by atoms with Crippen molar-refractivity contribution >= 4 is 50.3 Å². The Morgan fingerprint density at radius 3 is 2.51 bits per heavy atom. The first-order valence-corrected chi connectivity index (χ1v) is 16.5. The summed E-state index contributed by atoms with van der Waals surface area (Å²) in [4.78, 5) is 15.7. The molecule has 1 aromatic heterocycles. The van der Waals surface area contributed by atoms with Crippen molar-refractivity contribution in [1.29, 1.82) is 0 Å². The lowest BCUT2D eigenvalue weighted by Crippen LogP contribution is -2.48. The maximum atomic E-state index is 13.6. The van der Waals surface area contributed by atoms with E-state index in [1.165, 1.54) is 16.1 Å². The van der Waals surface area contributed by atoms with Gasteiger partial charge in [-0.1, -0.05) is 74.1 Å². The number of hydrogen-bond acceptors (Lipinski definition) is 7. The molecule has 5 rings (SSSR count). The van der Waals surface area contributed by atoms with Crippen LogP contribution >= 0.6 is 24.0 Å². The van der Waals surface area contributed by atoms with Crippen LogP contribution in [-0.4, -0.2) is 69.5 Å². The summed E-state index contributed by atoms with van der Waals surface area (Å²) in [6.45, 7) is 7.08. The number of hydrogen-bond donors (Lipinski definition) is 0. The number of amides is 1. The number of carbonyl (C=O) groups is 1. The standard InChI is InChI=1S/C30H34N4O4S3/c1-4-5-9-15-33-29(35)27(40-30(33)39)17-24-20-34(25-12-7-6-8-13-25)31-28(24)23-11-10-14-26(16-23)41(36,37)32-18-21(2)38-22(3)19-32/h6-8,10-14,16-17,20-22H,4-5,9,15,18-19H2,1-3H3/b27-17-. The quantitative estimate of drug-likeness (QED) is 0.174. The van der Waals surface area contributed by atoms with Crippen LogP contribution in [0.25, 0.3) is 23.0 Å². The van der Waals surface area contributed by atoms with Crippen molar-refractivity contribution in [3.63, 3.8) is 0 Å². The highest BCUT2D eigenvalue weighted by Gasteiger charge is 2.34. The van der Waals surface area contributed by atoms with E-state index in [0.717, 1.165) is 24.9 Å². The SMILES string of the molecule is CCCCCN1C(=O)/C(=C/c2cn(-c3ccccc3)nc2-c2cccc(S(=O)(=O)N3CC(C)OC(C)C3)c2)SC1=S. The van der Waals surface area contributed by atoms with E-state index in [1.807, 2.05) is 62.5 Å². The zero-order valence-electron chi connectivity index (χ0n) is 23.4. The fourth-order valence-corrected chi connectivity index (χ4v) is 8.00. The average Bonchev–Trinajstić information content (AvgIpc) is 3.49. The van der Waals surface area contributed by atoms with Crippen molar-refractivity contribution in [3.8, 4) is 16.9 Å². The summed E-state index contributed by atoms with van der Waals surface area (Å²) in [5, 5.41) is 4.85. The second kappa shape index (κ2) is 12.6. The number of benzene rings is 2. The molecule has 2 aliphatic heterocycles. The van der Waals surface area contributed by atoms with E-state index in [1.54, 1.807) is 27.8 Å². The molecule has 8 nitrogen and oxygen atoms in total. The minimum absolute atomic E-state index is 0.110. The number of morpholine rings is 1. The molecule has 0 radical (unpaired) electrons. The van der Waals surface area contributed by atoms with Crippen LogP contribution in [0.5, 0.6) is 0 Å². The van der Waals surface area contributed by atoms with E-state index >= 15 is 0 Å². The van der Waals surface area contributed by atoms with Crippen molar-refractivity contribution in [2.75, 3.05) is 19.6 Å². The number of carbonyl (C=O) groups excluding carboxylic acids is 1. The smallest absolute Gasteiger partial charge is 0.266 e. The number of nitrogens with zero attached hydrogens (tertiary/aromatic N) is 4. The first kappa shape index (κ1) is 29.7. The van der Waals surface area contributed by atoms with Gasteiger partial charge in [-0.15, -0.1) is 0 Å². The maximum Gasteiger partial charge on any atom is 0.266 e. The topological polar surface area (TPSA) is 84.7 Å². The summed E-state index contributed by atoms with van der Waals surface area (Å²) in [7, 11) is -3.75. The van der Waals surface area contributed by atoms with Crippen LogP contribution < -0.4 is 0 Å². The van der Waals surface area contributed by atoms with Crippen molar-refractivity contribution < 1.29 is 17.9 Å². The zero-order chi connectivity index (χ0) is 29.1. The number of ether oxygens (including phenoxy) is 1. The largest absolute Gasteiger partial charge is 0.373 e. The van der Waals surface area contributed by atoms with Gasteiger partial charge in [-0.25, -0.2) is 13.1 Å². The normalized spacial score (nSPS) is 21.2. The number of thioether (sulfide) groups is 1. The van der Waals surface area contributed by atoms with E-state index < -0.39 is 10.0 Å². The molecule has 2 atom stereocenters. The number of sulfonamides is 1. The van der Waals surface area contributed by atoms with E-state index in [4.69, 9.17) is 22.1 Å². The number of para-hydroxylation sites is 1. The molecular formula is C30H34N4O4S3. The van der Waals surface area contributed by atoms with Gasteiger partial charge in [-0.3, -0.25) is 9.69 Å². The Hall–Kier alpha value is -2.83. The predicted octanol–water partition coefficient (Wildman–Crippen LogP) is 5.73. The Bertz CT molecular complexity index is 1560. The van der Waals surface area contributed by atoms with E-state index in [-0.39, 0.29) is 23.0 Å². The predicted molar refractivity (Wildman–Crippen MR) is 167 cm³/mol. The van der Waals surface area contributed by atoms with Gasteiger partial charge in [-0.05, 0) is 50.6 Å². The minimum Gasteiger partial charge on any atom is -0.373 e. The van der Waals surface area contributed by atoms with Gasteiger partial charge in [0.05, 0.1) is 27.7 Å². The Morgan fingerprint density at radius 1 is 1.07 bits per heavy atom. The van der Waals surface area contributed by atoms with Crippen LogP contribution in [0.3, 0.4) is 0 Å². The lowest BCUT2D eigenvalue weighted by Gasteiger charge is -2.34. The van der Waals surface area contributed by atoms with Crippen molar-refractivity contribution in [2.45, 2.75) is 57.1 Å². The monoisotopic (exact) mass is 610 g/mol. The molecule has 216 valence electrons. The number of thiocarbonyl (C=S) groups is 1. The second-order valence-corrected chi connectivity index (χ2v) is 14.0. The summed E-state index contributed by atoms with van der Waals surface area (Å²) < 4.78 is 36.8. The number of unbranched alkanes of at least 4 members (excludes halogenated alkanes) is 2. The van der Waals surface area contributed by atoms with Crippen molar-refractivity contribution in [1.82, 2.24) is 19.0 Å². The number of aromatic nitrogens is 2. The van der Waals surface area contributed by atoms with Gasteiger partial charge < -0.3 is 4.74 Å². The fourth-order valence-electron chi connectivity index (χ4n) is 5.06. The molecule has 3 aromatic rings. The van der Waals surface area contributed by atoms with E-state index in [0.29, 0.717) is 45.7 Å². The van der Waals surface area contributed by atoms with Crippen LogP contribution in [0.4, 0.5) is 0 Å². The van der Waals surface area contributed by atoms with E-state index in [9.17, 15) is 13.2 Å². The summed E-state index contributed by atoms with van der Waals surface area (Å²) in [6.07, 6.45) is 6.29. The summed E-state index contributed by atoms with van der Waals surface area (Å²) in [5.74, 6) is -0.110. The molecule has 0 N–H and O–H groups in total. The first-order valence-electron chi connectivity index (χ1n) is 13.8. The minimum atomic E-state index is -3.75. The van der Waals surface area contributed by atoms with Gasteiger partial charge in [0, 0.05) is 37.0 Å². The maximum absolute atomic E-state index is 13.6. The first-order chi connectivity index (χ1) is 19.7. The molecule has 2 saturated heterocycles. The Morgan fingerprint density at radius 2 is 1.80 bits per heavy atom. The van der Waals surface area contributed by atoms with Crippen LogP contribution in [0.1, 0.15) is 45.6 Å². The molecule has 0 saturated carbocycles. The molecule has 0 bridgehead atoms. The molecule has 2 aliphatic rings. The molecule has 11 heteroatoms. The number of rotatable bonds is 9. The lowest BCUT2D eigenvalue weighted by molar-refractivity contribution is -0.122. The van der Waals surface area contributed by atoms with Crippen LogP contribution in [0, 0.1) is 0 Å². The van der Waals surface area contributed by atoms with Gasteiger partial charge in [0.15, 0.2) is 0 Å². The van der Waals surface area contributed by atoms with Crippen LogP contribution in [-0.2, 0) is 19.6 Å². The fraction of sp³-hybridized carbons (Fsp3) is 0.367. The third-order valence-electron chi connectivity index (χ3n) is 7.04. The van der Waals surface area contributed by atoms with Crippen LogP contribution in [0.15, 0.2) is 70.6 Å². The molecule has 2 aromatic carbocycles. The molecule has 41 heavy (non-hydrogen) atoms. The van der Waals surface area contributed by atoms with Gasteiger partial charge in [0.2, 0.25) is 10.0 Å². The van der Waals surface area contributed by atoms with Gasteiger partial charge in [0.25, 0.3) is 5.91 Å². The summed E-state index contributed by atoms with van der Waals surface area (Å²) >= 11 is 6.82. The molecule has 3 heterocycles. The lowest BCUT2D eigenvalue weighted by atomic mass is 10.1. The van der Waals surface area contributed by atoms with Gasteiger partial charge in [-0.2, -0.15) is 9.40 Å². The summed E-state index contributed by atoms with van der Waals surface area (Å²) in [6, 6.07) is 16.5. The van der Waals surface area contributed by atoms with Gasteiger partial charge in [0.1, 0.15) is 10.0 Å². The highest BCUT2D eigenvalue weighted by atomic mass is 32.2. The third-order valence-corrected chi connectivity index (χ3v) is 10.2. The highest BCUT2D eigenvalue weighted by molar-refractivity contribution is 8.26. The Labute approximate surface area is 251 Å². The van der Waals surface area contributed by atoms with Gasteiger partial charge >= 0.3 is 0 Å². The average molecular weight is 611 g/mol. The summed E-state index contributed by atoms with van der Waals surface area (Å²) in [5.41, 5.74) is 2.76. The Kier molecular flexibility index (Phi) is 9.10. The second-order valence-electron chi connectivity index (χ2n) is 10.4. The Balaban J connectivity index is 1.53. The van der Waals surface area contributed by atoms with Crippen molar-refractivity contribution in [2.24, 2.45) is 0 Å². The molecule has 2 unspecified atom stereocenters. The molecule has 0 spiro atoms.